The number of amides is 2. The van der Waals surface area contributed by atoms with Gasteiger partial charge in [-0.15, -0.1) is 0 Å². The lowest BCUT2D eigenvalue weighted by Crippen LogP contribution is -2.58. The minimum atomic E-state index is -0.264. The maximum atomic E-state index is 13.0. The maximum Gasteiger partial charge on any atom is 0.237 e. The zero-order chi connectivity index (χ0) is 19.3. The maximum absolute atomic E-state index is 13.0. The number of carbonyl (C=O) groups is 2. The lowest BCUT2D eigenvalue weighted by Gasteiger charge is -2.40. The smallest absolute Gasteiger partial charge is 0.237 e. The highest BCUT2D eigenvalue weighted by atomic mass is 16.2. The summed E-state index contributed by atoms with van der Waals surface area (Å²) in [6, 6.07) is 0.395. The molecule has 4 fully saturated rings. The molecule has 3 saturated heterocycles. The number of hydrogen-bond acceptors (Lipinski definition) is 4. The summed E-state index contributed by atoms with van der Waals surface area (Å²) in [5.74, 6) is 0.936. The number of likely N-dealkylation sites (tertiary alicyclic amines) is 2. The van der Waals surface area contributed by atoms with Crippen LogP contribution in [0, 0.1) is 5.92 Å². The Morgan fingerprint density at radius 1 is 0.893 bits per heavy atom. The molecule has 6 nitrogen and oxygen atoms in total. The molecule has 3 heterocycles. The first-order valence-corrected chi connectivity index (χ1v) is 11.7. The second-order valence-electron chi connectivity index (χ2n) is 9.36. The first-order valence-electron chi connectivity index (χ1n) is 11.7. The SMILES string of the molecule is O=C1NCCN(CC2CCCCC2)C1CC(=O)N1CCC(N2CCCC2)CC1. The quantitative estimate of drug-likeness (QED) is 0.778. The van der Waals surface area contributed by atoms with E-state index in [9.17, 15) is 9.59 Å². The Morgan fingerprint density at radius 2 is 1.61 bits per heavy atom. The number of piperidine rings is 1. The Balaban J connectivity index is 1.29. The van der Waals surface area contributed by atoms with Crippen molar-refractivity contribution in [2.24, 2.45) is 5.92 Å². The van der Waals surface area contributed by atoms with E-state index in [-0.39, 0.29) is 17.9 Å². The fourth-order valence-electron chi connectivity index (χ4n) is 5.79. The van der Waals surface area contributed by atoms with Crippen LogP contribution in [0.3, 0.4) is 0 Å². The van der Waals surface area contributed by atoms with Gasteiger partial charge in [0.25, 0.3) is 0 Å². The summed E-state index contributed by atoms with van der Waals surface area (Å²) in [4.78, 5) is 32.5. The molecule has 1 aliphatic carbocycles. The molecular formula is C22H38N4O2. The van der Waals surface area contributed by atoms with E-state index >= 15 is 0 Å². The number of carbonyl (C=O) groups excluding carboxylic acids is 2. The van der Waals surface area contributed by atoms with Crippen LogP contribution in [0.2, 0.25) is 0 Å². The van der Waals surface area contributed by atoms with Crippen LogP contribution in [-0.2, 0) is 9.59 Å². The van der Waals surface area contributed by atoms with E-state index in [1.54, 1.807) is 0 Å². The number of nitrogens with one attached hydrogen (secondary N) is 1. The Morgan fingerprint density at radius 3 is 2.32 bits per heavy atom. The molecule has 0 aromatic carbocycles. The van der Waals surface area contributed by atoms with Gasteiger partial charge in [0, 0.05) is 38.8 Å². The van der Waals surface area contributed by atoms with Crippen LogP contribution in [0.15, 0.2) is 0 Å². The third-order valence-electron chi connectivity index (χ3n) is 7.50. The molecule has 1 atom stereocenters. The highest BCUT2D eigenvalue weighted by molar-refractivity contribution is 5.88. The van der Waals surface area contributed by atoms with E-state index in [1.165, 1.54) is 58.0 Å². The summed E-state index contributed by atoms with van der Waals surface area (Å²) in [6.45, 7) is 6.78. The summed E-state index contributed by atoms with van der Waals surface area (Å²) in [5.41, 5.74) is 0. The third kappa shape index (κ3) is 4.88. The van der Waals surface area contributed by atoms with Crippen molar-refractivity contribution < 1.29 is 9.59 Å². The van der Waals surface area contributed by atoms with Crippen LogP contribution in [0.1, 0.15) is 64.2 Å². The lowest BCUT2D eigenvalue weighted by atomic mass is 9.88. The zero-order valence-corrected chi connectivity index (χ0v) is 17.4. The third-order valence-corrected chi connectivity index (χ3v) is 7.50. The Labute approximate surface area is 170 Å². The van der Waals surface area contributed by atoms with Crippen molar-refractivity contribution in [1.29, 1.82) is 0 Å². The molecule has 3 aliphatic heterocycles. The van der Waals surface area contributed by atoms with Gasteiger partial charge in [-0.3, -0.25) is 14.5 Å². The van der Waals surface area contributed by atoms with Crippen molar-refractivity contribution in [3.05, 3.63) is 0 Å². The van der Waals surface area contributed by atoms with Crippen LogP contribution in [0.4, 0.5) is 0 Å². The molecule has 28 heavy (non-hydrogen) atoms. The predicted octanol–water partition coefficient (Wildman–Crippen LogP) is 1.84. The first kappa shape index (κ1) is 20.1. The predicted molar refractivity (Wildman–Crippen MR) is 110 cm³/mol. The van der Waals surface area contributed by atoms with Crippen molar-refractivity contribution in [3.8, 4) is 0 Å². The van der Waals surface area contributed by atoms with Gasteiger partial charge in [0.15, 0.2) is 0 Å². The molecule has 0 spiro atoms. The van der Waals surface area contributed by atoms with Gasteiger partial charge in [-0.25, -0.2) is 0 Å². The summed E-state index contributed by atoms with van der Waals surface area (Å²) in [5, 5.41) is 2.99. The van der Waals surface area contributed by atoms with Crippen LogP contribution in [-0.4, -0.2) is 84.4 Å². The average Bonchev–Trinajstić information content (AvgIpc) is 3.26. The molecule has 158 valence electrons. The van der Waals surface area contributed by atoms with Crippen molar-refractivity contribution in [2.75, 3.05) is 45.8 Å². The monoisotopic (exact) mass is 390 g/mol. The highest BCUT2D eigenvalue weighted by Gasteiger charge is 2.35. The molecule has 6 heteroatoms. The molecule has 1 saturated carbocycles. The highest BCUT2D eigenvalue weighted by Crippen LogP contribution is 2.26. The van der Waals surface area contributed by atoms with Crippen molar-refractivity contribution in [3.63, 3.8) is 0 Å². The molecule has 4 aliphatic rings. The van der Waals surface area contributed by atoms with Gasteiger partial charge in [0.05, 0.1) is 12.5 Å². The van der Waals surface area contributed by atoms with Gasteiger partial charge in [-0.2, -0.15) is 0 Å². The summed E-state index contributed by atoms with van der Waals surface area (Å²) < 4.78 is 0. The molecule has 0 aromatic heterocycles. The lowest BCUT2D eigenvalue weighted by molar-refractivity contribution is -0.140. The molecule has 0 radical (unpaired) electrons. The van der Waals surface area contributed by atoms with Gasteiger partial charge in [0.1, 0.15) is 0 Å². The fraction of sp³-hybridized carbons (Fsp3) is 0.909. The first-order chi connectivity index (χ1) is 13.7. The minimum absolute atomic E-state index is 0.0577. The molecule has 4 rings (SSSR count). The Bertz CT molecular complexity index is 535. The fourth-order valence-corrected chi connectivity index (χ4v) is 5.79. The number of nitrogens with zero attached hydrogens (tertiary/aromatic N) is 3. The van der Waals surface area contributed by atoms with Gasteiger partial charge in [-0.1, -0.05) is 19.3 Å². The van der Waals surface area contributed by atoms with Crippen LogP contribution in [0.25, 0.3) is 0 Å². The van der Waals surface area contributed by atoms with E-state index in [0.717, 1.165) is 45.6 Å². The zero-order valence-electron chi connectivity index (χ0n) is 17.4. The largest absolute Gasteiger partial charge is 0.353 e. The number of rotatable bonds is 5. The Kier molecular flexibility index (Phi) is 6.89. The van der Waals surface area contributed by atoms with Gasteiger partial charge < -0.3 is 15.1 Å². The second-order valence-corrected chi connectivity index (χ2v) is 9.36. The summed E-state index contributed by atoms with van der Waals surface area (Å²) >= 11 is 0. The molecule has 1 unspecified atom stereocenters. The second kappa shape index (κ2) is 9.57. The van der Waals surface area contributed by atoms with Crippen molar-refractivity contribution in [2.45, 2.75) is 76.3 Å². The Hall–Kier alpha value is -1.14. The van der Waals surface area contributed by atoms with E-state index in [2.05, 4.69) is 15.1 Å². The van der Waals surface area contributed by atoms with E-state index in [0.29, 0.717) is 18.4 Å². The van der Waals surface area contributed by atoms with Gasteiger partial charge >= 0.3 is 0 Å². The standard InChI is InChI=1S/C22H38N4O2/c27-21(25-13-8-19(9-14-25)24-11-4-5-12-24)16-20-22(28)23-10-15-26(20)17-18-6-2-1-3-7-18/h18-20H,1-17H2,(H,23,28). The van der Waals surface area contributed by atoms with Crippen molar-refractivity contribution in [1.82, 2.24) is 20.0 Å². The summed E-state index contributed by atoms with van der Waals surface area (Å²) in [6.07, 6.45) is 11.7. The van der Waals surface area contributed by atoms with Gasteiger partial charge in [-0.05, 0) is 57.5 Å². The van der Waals surface area contributed by atoms with E-state index < -0.39 is 0 Å². The van der Waals surface area contributed by atoms with Gasteiger partial charge in [0.2, 0.25) is 11.8 Å². The average molecular weight is 391 g/mol. The molecule has 2 amide bonds. The van der Waals surface area contributed by atoms with Crippen LogP contribution < -0.4 is 5.32 Å². The molecule has 0 aromatic rings. The molecule has 1 N–H and O–H groups in total. The van der Waals surface area contributed by atoms with E-state index in [4.69, 9.17) is 0 Å². The molecular weight excluding hydrogens is 352 g/mol. The van der Waals surface area contributed by atoms with Crippen LogP contribution in [0.5, 0.6) is 0 Å². The number of hydrogen-bond donors (Lipinski definition) is 1. The summed E-state index contributed by atoms with van der Waals surface area (Å²) in [7, 11) is 0. The van der Waals surface area contributed by atoms with Crippen molar-refractivity contribution >= 4 is 11.8 Å². The normalized spacial score (nSPS) is 29.2. The van der Waals surface area contributed by atoms with E-state index in [1.807, 2.05) is 4.90 Å². The minimum Gasteiger partial charge on any atom is -0.353 e. The molecule has 0 bridgehead atoms. The number of piperazine rings is 1. The van der Waals surface area contributed by atoms with Crippen LogP contribution >= 0.6 is 0 Å². The topological polar surface area (TPSA) is 55.9 Å².